The van der Waals surface area contributed by atoms with E-state index in [9.17, 15) is 0 Å². The fraction of sp³-hybridized carbons (Fsp3) is 0.143. The van der Waals surface area contributed by atoms with Gasteiger partial charge in [0.1, 0.15) is 0 Å². The monoisotopic (exact) mass is 316 g/mol. The van der Waals surface area contributed by atoms with E-state index in [1.165, 1.54) is 22.5 Å². The molecule has 0 amide bonds. The Morgan fingerprint density at radius 2 is 2.00 bits per heavy atom. The Hall–Kier alpha value is 0.863. The van der Waals surface area contributed by atoms with Crippen LogP contribution in [0.2, 0.25) is 5.02 Å². The van der Waals surface area contributed by atoms with Gasteiger partial charge in [-0.15, -0.1) is 0 Å². The van der Waals surface area contributed by atoms with Gasteiger partial charge < -0.3 is 24.0 Å². The molecule has 3 heteroatoms. The third kappa shape index (κ3) is 2.85. The van der Waals surface area contributed by atoms with Gasteiger partial charge in [-0.1, -0.05) is 0 Å². The fourth-order valence-corrected chi connectivity index (χ4v) is 1.79. The van der Waals surface area contributed by atoms with E-state index in [0.717, 1.165) is 10.6 Å². The van der Waals surface area contributed by atoms with Crippen molar-refractivity contribution < 1.29 is 42.3 Å². The predicted octanol–water partition coefficient (Wildman–Crippen LogP) is -1.18. The van der Waals surface area contributed by atoms with Crippen LogP contribution in [0.1, 0.15) is 5.56 Å². The minimum Gasteiger partial charge on any atom is -1.00 e. The summed E-state index contributed by atoms with van der Waals surface area (Å²) in [5.41, 5.74) is 1.16. The van der Waals surface area contributed by atoms with Gasteiger partial charge >= 0.3 is 69.8 Å². The van der Waals surface area contributed by atoms with Crippen molar-refractivity contribution in [1.29, 1.82) is 0 Å². The molecule has 0 saturated heterocycles. The summed E-state index contributed by atoms with van der Waals surface area (Å²) < 4.78 is 1.34. The predicted molar refractivity (Wildman–Crippen MR) is 35.8 cm³/mol. The molecule has 0 heterocycles. The zero-order valence-corrected chi connectivity index (χ0v) is 11.6. The van der Waals surface area contributed by atoms with Crippen LogP contribution in [-0.4, -0.2) is 0 Å². The van der Waals surface area contributed by atoms with Gasteiger partial charge in [-0.05, 0) is 0 Å². The molecule has 0 saturated carbocycles. The number of rotatable bonds is 0. The van der Waals surface area contributed by atoms with Crippen LogP contribution in [0.4, 0.5) is 0 Å². The maximum absolute atomic E-state index is 5.83. The molecule has 1 aromatic rings. The Morgan fingerprint density at radius 3 is 2.40 bits per heavy atom. The maximum atomic E-state index is 5.83. The third-order valence-corrected chi connectivity index (χ3v) is 2.57. The van der Waals surface area contributed by atoms with E-state index in [4.69, 9.17) is 11.6 Å². The normalized spacial score (nSPS) is 8.80. The van der Waals surface area contributed by atoms with Crippen LogP contribution in [0.5, 0.6) is 0 Å². The van der Waals surface area contributed by atoms with E-state index in [0.29, 0.717) is 0 Å². The van der Waals surface area contributed by atoms with E-state index >= 15 is 0 Å². The summed E-state index contributed by atoms with van der Waals surface area (Å²) in [6.07, 6.45) is 0. The van der Waals surface area contributed by atoms with Crippen LogP contribution in [0, 0.1) is 6.92 Å². The fourth-order valence-electron chi connectivity index (χ4n) is 0.636. The Labute approximate surface area is 93.0 Å². The van der Waals surface area contributed by atoms with Crippen molar-refractivity contribution in [3.63, 3.8) is 0 Å². The molecule has 1 aromatic carbocycles. The second-order valence-corrected chi connectivity index (χ2v) is 4.20. The Bertz CT molecular complexity index is 225. The largest absolute Gasteiger partial charge is 1.00 e. The van der Waals surface area contributed by atoms with E-state index in [1.54, 1.807) is 0 Å². The summed E-state index contributed by atoms with van der Waals surface area (Å²) in [5, 5.41) is 0.888. The standard InChI is InChI=1S/C7H6Cl.HI.Zn/c1-6-4-2-3-5-7(6)8;;/h2,4-5H,1H3;1H;/q;;+1/p-1. The van der Waals surface area contributed by atoms with Crippen molar-refractivity contribution in [3.8, 4) is 0 Å². The van der Waals surface area contributed by atoms with Gasteiger partial charge in [0, 0.05) is 0 Å². The van der Waals surface area contributed by atoms with Gasteiger partial charge in [0.2, 0.25) is 0 Å². The molecule has 0 nitrogen and oxygen atoms in total. The molecule has 0 atom stereocenters. The summed E-state index contributed by atoms with van der Waals surface area (Å²) in [6.45, 7) is 2.02. The molecule has 0 N–H and O–H groups in total. The smallest absolute Gasteiger partial charge is 1.00 e. The van der Waals surface area contributed by atoms with Gasteiger partial charge in [-0.3, -0.25) is 0 Å². The summed E-state index contributed by atoms with van der Waals surface area (Å²) in [5.74, 6) is 0. The van der Waals surface area contributed by atoms with E-state index in [1.807, 2.05) is 13.0 Å². The molecule has 0 fully saturated rings. The molecule has 0 unspecified atom stereocenters. The molecule has 0 spiro atoms. The third-order valence-electron chi connectivity index (χ3n) is 1.24. The number of aryl methyl sites for hydroxylation is 1. The Morgan fingerprint density at radius 1 is 1.40 bits per heavy atom. The quantitative estimate of drug-likeness (QED) is 0.418. The molecule has 0 bridgehead atoms. The minimum atomic E-state index is 0. The Balaban J connectivity index is 0.000000810. The van der Waals surface area contributed by atoms with Crippen molar-refractivity contribution in [2.24, 2.45) is 0 Å². The van der Waals surface area contributed by atoms with Crippen LogP contribution in [0.15, 0.2) is 18.2 Å². The van der Waals surface area contributed by atoms with Crippen LogP contribution >= 0.6 is 11.6 Å². The van der Waals surface area contributed by atoms with Crippen LogP contribution in [-0.2, 0) is 18.3 Å². The van der Waals surface area contributed by atoms with Gasteiger partial charge in [-0.2, -0.15) is 0 Å². The molecule has 0 aliphatic rings. The zero-order chi connectivity index (χ0) is 6.85. The number of benzene rings is 1. The van der Waals surface area contributed by atoms with Gasteiger partial charge in [0.25, 0.3) is 0 Å². The van der Waals surface area contributed by atoms with E-state index in [-0.39, 0.29) is 24.0 Å². The molecule has 0 aromatic heterocycles. The second-order valence-electron chi connectivity index (χ2n) is 2.08. The first kappa shape index (κ1) is 10.9. The second kappa shape index (κ2) is 4.68. The number of hydrogen-bond donors (Lipinski definition) is 0. The van der Waals surface area contributed by atoms with Gasteiger partial charge in [-0.25, -0.2) is 0 Å². The molecule has 0 aliphatic heterocycles. The molecule has 1 rings (SSSR count). The molecule has 50 valence electrons. The number of halogens is 2. The first-order valence-electron chi connectivity index (χ1n) is 2.78. The molecule has 0 aliphatic carbocycles. The average Bonchev–Trinajstić information content (AvgIpc) is 1.80. The van der Waals surface area contributed by atoms with Crippen molar-refractivity contribution in [2.45, 2.75) is 6.92 Å². The average molecular weight is 318 g/mol. The van der Waals surface area contributed by atoms with Crippen molar-refractivity contribution in [2.75, 3.05) is 0 Å². The first-order valence-corrected chi connectivity index (χ1v) is 4.64. The molecular formula is C7H6ClIZn. The van der Waals surface area contributed by atoms with E-state index < -0.39 is 0 Å². The first-order chi connectivity index (χ1) is 4.20. The van der Waals surface area contributed by atoms with E-state index in [2.05, 4.69) is 12.1 Å². The van der Waals surface area contributed by atoms with Crippen LogP contribution in [0.25, 0.3) is 0 Å². The van der Waals surface area contributed by atoms with Crippen LogP contribution < -0.4 is 28.1 Å². The number of hydrogen-bond acceptors (Lipinski definition) is 0. The SMILES string of the molecule is Cc1cc[c]([Zn+])cc1Cl.[I-]. The summed E-state index contributed by atoms with van der Waals surface area (Å²) in [6, 6.07) is 6.19. The molecular weight excluding hydrogens is 312 g/mol. The summed E-state index contributed by atoms with van der Waals surface area (Å²) in [7, 11) is 0. The minimum absolute atomic E-state index is 0. The van der Waals surface area contributed by atoms with Crippen LogP contribution in [0.3, 0.4) is 0 Å². The Kier molecular flexibility index (Phi) is 5.09. The summed E-state index contributed by atoms with van der Waals surface area (Å²) >= 11 is 7.01. The maximum Gasteiger partial charge on any atom is -1.00 e. The van der Waals surface area contributed by atoms with Gasteiger partial charge in [0.15, 0.2) is 0 Å². The topological polar surface area (TPSA) is 0 Å². The van der Waals surface area contributed by atoms with Crippen molar-refractivity contribution >= 4 is 15.8 Å². The van der Waals surface area contributed by atoms with Gasteiger partial charge in [0.05, 0.1) is 0 Å². The summed E-state index contributed by atoms with van der Waals surface area (Å²) in [4.78, 5) is 0. The molecule has 0 radical (unpaired) electrons. The van der Waals surface area contributed by atoms with Crippen molar-refractivity contribution in [3.05, 3.63) is 28.8 Å². The zero-order valence-electron chi connectivity index (χ0n) is 5.70. The molecule has 10 heavy (non-hydrogen) atoms. The van der Waals surface area contributed by atoms with Crippen molar-refractivity contribution in [1.82, 2.24) is 0 Å².